The molecule has 0 radical (unpaired) electrons. The second-order valence-electron chi connectivity index (χ2n) is 19.9. The van der Waals surface area contributed by atoms with Gasteiger partial charge in [-0.15, -0.1) is 13.2 Å². The molecule has 9 rings (SSSR count). The molecule has 18 heteroatoms. The molecule has 4 N–H and O–H groups in total. The summed E-state index contributed by atoms with van der Waals surface area (Å²) in [5.41, 5.74) is 0.383. The van der Waals surface area contributed by atoms with Gasteiger partial charge in [0.1, 0.15) is 17.4 Å². The Hall–Kier alpha value is -6.33. The maximum atomic E-state index is 14.0. The third-order valence-electron chi connectivity index (χ3n) is 12.7. The Balaban J connectivity index is 0.964. The van der Waals surface area contributed by atoms with E-state index in [1.165, 1.54) is 6.07 Å². The van der Waals surface area contributed by atoms with Gasteiger partial charge in [-0.25, -0.2) is 19.6 Å². The van der Waals surface area contributed by atoms with Crippen LogP contribution in [0.2, 0.25) is 0 Å². The monoisotopic (exact) mass is 898 g/mol. The number of aromatic nitrogens is 4. The molecule has 2 aliphatic heterocycles. The van der Waals surface area contributed by atoms with Gasteiger partial charge in [0.05, 0.1) is 34.2 Å². The van der Waals surface area contributed by atoms with Crippen LogP contribution in [0, 0.1) is 10.8 Å². The van der Waals surface area contributed by atoms with Crippen LogP contribution in [0.1, 0.15) is 104 Å². The summed E-state index contributed by atoms with van der Waals surface area (Å²) in [5, 5.41) is 6.13. The van der Waals surface area contributed by atoms with Crippen molar-refractivity contribution in [2.75, 3.05) is 26.2 Å². The van der Waals surface area contributed by atoms with Crippen molar-refractivity contribution in [2.24, 2.45) is 10.8 Å². The quantitative estimate of drug-likeness (QED) is 0.101. The van der Waals surface area contributed by atoms with Crippen LogP contribution >= 0.6 is 0 Å². The van der Waals surface area contributed by atoms with Crippen LogP contribution in [0.5, 0.6) is 5.75 Å². The van der Waals surface area contributed by atoms with Gasteiger partial charge in [-0.3, -0.25) is 9.59 Å². The van der Waals surface area contributed by atoms with Gasteiger partial charge in [-0.1, -0.05) is 65.8 Å². The van der Waals surface area contributed by atoms with E-state index in [-0.39, 0.29) is 11.5 Å². The fourth-order valence-electron chi connectivity index (χ4n) is 8.18. The first-order valence-electron chi connectivity index (χ1n) is 22.1. The van der Waals surface area contributed by atoms with E-state index < -0.39 is 64.3 Å². The van der Waals surface area contributed by atoms with E-state index >= 15 is 0 Å². The number of hydrogen-bond donors (Lipinski definition) is 4. The predicted octanol–water partition coefficient (Wildman–Crippen LogP) is 8.83. The highest BCUT2D eigenvalue weighted by atomic mass is 19.4. The van der Waals surface area contributed by atoms with Gasteiger partial charge in [0.2, 0.25) is 0 Å². The normalized spacial score (nSPS) is 18.5. The molecule has 344 valence electrons. The number of halogens is 3. The molecule has 65 heavy (non-hydrogen) atoms. The van der Waals surface area contributed by atoms with E-state index in [0.717, 1.165) is 12.8 Å². The number of benzene rings is 3. The van der Waals surface area contributed by atoms with Crippen molar-refractivity contribution in [1.29, 1.82) is 0 Å². The molecule has 4 heterocycles. The minimum atomic E-state index is -5.00. The standard InChI is InChI=1S/C47H53F3N8O7/c1-43(2,3)35(55-39(59)45(15-16-45)64-41(61)57-19-7-20-57)37-51-30-13-10-26(23-32(30)53-37)27-9-12-29(34(25-27)63-47(48,49)50)28-11-14-31-33(24-28)54-38(52-31)36(44(4,5)6)56-40(60)46(17-18-46)65-42(62)58-21-8-22-58/h9-14,23-25,35-36H,7-8,15-22H2,1-6H3,(H,51,53)(H,52,54)(H,55,59)(H,56,60)/t35-,36-/m1/s1. The van der Waals surface area contributed by atoms with Crippen molar-refractivity contribution >= 4 is 46.1 Å². The number of likely N-dealkylation sites (tertiary alicyclic amines) is 2. The van der Waals surface area contributed by atoms with Crippen molar-refractivity contribution in [1.82, 2.24) is 40.4 Å². The van der Waals surface area contributed by atoms with Crippen molar-refractivity contribution in [3.63, 3.8) is 0 Å². The predicted molar refractivity (Wildman–Crippen MR) is 233 cm³/mol. The van der Waals surface area contributed by atoms with Gasteiger partial charge >= 0.3 is 18.5 Å². The Kier molecular flexibility index (Phi) is 10.6. The lowest BCUT2D eigenvalue weighted by molar-refractivity contribution is -0.274. The number of imidazole rings is 2. The maximum Gasteiger partial charge on any atom is 0.573 e. The molecule has 4 aliphatic rings. The lowest BCUT2D eigenvalue weighted by Crippen LogP contribution is -2.49. The average molecular weight is 899 g/mol. The molecule has 2 atom stereocenters. The number of alkyl halides is 3. The summed E-state index contributed by atoms with van der Waals surface area (Å²) in [4.78, 5) is 71.7. The summed E-state index contributed by atoms with van der Waals surface area (Å²) in [6.45, 7) is 14.1. The molecule has 0 bridgehead atoms. The minimum Gasteiger partial charge on any atom is -0.433 e. The van der Waals surface area contributed by atoms with Gasteiger partial charge < -0.3 is 44.6 Å². The largest absolute Gasteiger partial charge is 0.573 e. The topological polar surface area (TPSA) is 184 Å². The van der Waals surface area contributed by atoms with Crippen LogP contribution in [0.4, 0.5) is 22.8 Å². The summed E-state index contributed by atoms with van der Waals surface area (Å²) in [6.07, 6.45) is -2.50. The maximum absolute atomic E-state index is 14.0. The number of carbonyl (C=O) groups is 4. The first kappa shape index (κ1) is 43.9. The van der Waals surface area contributed by atoms with E-state index in [2.05, 4.69) is 25.3 Å². The zero-order chi connectivity index (χ0) is 46.3. The molecule has 4 fully saturated rings. The highest BCUT2D eigenvalue weighted by Crippen LogP contribution is 2.45. The summed E-state index contributed by atoms with van der Waals surface area (Å²) in [6, 6.07) is 13.7. The first-order valence-corrected chi connectivity index (χ1v) is 22.1. The second-order valence-corrected chi connectivity index (χ2v) is 19.9. The Labute approximate surface area is 373 Å². The Bertz CT molecular complexity index is 2700. The highest BCUT2D eigenvalue weighted by Gasteiger charge is 2.57. The first-order chi connectivity index (χ1) is 30.6. The molecule has 15 nitrogen and oxygen atoms in total. The van der Waals surface area contributed by atoms with Crippen LogP contribution in [0.3, 0.4) is 0 Å². The van der Waals surface area contributed by atoms with Crippen molar-refractivity contribution < 1.29 is 46.6 Å². The van der Waals surface area contributed by atoms with Crippen molar-refractivity contribution in [3.05, 3.63) is 66.2 Å². The molecule has 5 aromatic rings. The van der Waals surface area contributed by atoms with E-state index in [0.29, 0.717) is 102 Å². The van der Waals surface area contributed by atoms with Gasteiger partial charge in [-0.2, -0.15) is 0 Å². The molecular formula is C47H53F3N8O7. The fourth-order valence-corrected chi connectivity index (χ4v) is 8.18. The van der Waals surface area contributed by atoms with Crippen LogP contribution in [0.25, 0.3) is 44.3 Å². The fraction of sp³-hybridized carbons (Fsp3) is 0.489. The molecule has 2 aliphatic carbocycles. The van der Waals surface area contributed by atoms with E-state index in [1.54, 1.807) is 58.3 Å². The number of aromatic amines is 2. The third kappa shape index (κ3) is 8.91. The number of nitrogens with zero attached hydrogens (tertiary/aromatic N) is 4. The lowest BCUT2D eigenvalue weighted by atomic mass is 9.86. The third-order valence-corrected chi connectivity index (χ3v) is 12.7. The van der Waals surface area contributed by atoms with Gasteiger partial charge in [0, 0.05) is 57.4 Å². The second kappa shape index (κ2) is 15.7. The van der Waals surface area contributed by atoms with E-state index in [4.69, 9.17) is 19.4 Å². The number of carbonyl (C=O) groups excluding carboxylic acids is 4. The summed E-state index contributed by atoms with van der Waals surface area (Å²) < 4.78 is 58.1. The molecule has 4 amide bonds. The summed E-state index contributed by atoms with van der Waals surface area (Å²) in [7, 11) is 0. The molecular weight excluding hydrogens is 846 g/mol. The number of rotatable bonds is 11. The average Bonchev–Trinajstić information content (AvgIpc) is 4.04. The SMILES string of the molecule is CC(C)(C)[C@H](NC(=O)C1(OC(=O)N2CCC2)CC1)c1nc2ccc(-c3ccc(-c4ccc5nc([C@@H](NC(=O)C6(OC(=O)N7CCC7)CC6)C(C)(C)C)[nH]c5c4)c(OC(F)(F)F)c3)cc2[nH]1. The molecule has 3 aromatic carbocycles. The number of ether oxygens (including phenoxy) is 3. The van der Waals surface area contributed by atoms with Crippen LogP contribution < -0.4 is 15.4 Å². The Morgan fingerprint density at radius 1 is 0.631 bits per heavy atom. The molecule has 0 spiro atoms. The van der Waals surface area contributed by atoms with Gasteiger partial charge in [0.25, 0.3) is 11.8 Å². The molecule has 2 aromatic heterocycles. The van der Waals surface area contributed by atoms with Crippen LogP contribution in [-0.2, 0) is 19.1 Å². The smallest absolute Gasteiger partial charge is 0.433 e. The number of hydrogen-bond acceptors (Lipinski definition) is 9. The number of H-pyrrole nitrogens is 2. The Morgan fingerprint density at radius 2 is 1.05 bits per heavy atom. The van der Waals surface area contributed by atoms with Gasteiger partial charge in [-0.05, 0) is 70.7 Å². The van der Waals surface area contributed by atoms with Gasteiger partial charge in [0.15, 0.2) is 11.2 Å². The van der Waals surface area contributed by atoms with Crippen molar-refractivity contribution in [3.8, 4) is 28.0 Å². The number of nitrogens with one attached hydrogen (secondary N) is 4. The van der Waals surface area contributed by atoms with Crippen molar-refractivity contribution in [2.45, 2.75) is 110 Å². The zero-order valence-corrected chi connectivity index (χ0v) is 37.2. The van der Waals surface area contributed by atoms with Crippen LogP contribution in [0.15, 0.2) is 54.6 Å². The molecule has 2 saturated carbocycles. The summed E-state index contributed by atoms with van der Waals surface area (Å²) >= 11 is 0. The number of fused-ring (bicyclic) bond motifs is 2. The van der Waals surface area contributed by atoms with Crippen LogP contribution in [-0.4, -0.2) is 97.5 Å². The lowest BCUT2D eigenvalue weighted by Gasteiger charge is -2.33. The Morgan fingerprint density at radius 3 is 1.45 bits per heavy atom. The van der Waals surface area contributed by atoms with E-state index in [9.17, 15) is 32.3 Å². The number of amides is 4. The molecule has 2 saturated heterocycles. The minimum absolute atomic E-state index is 0.183. The zero-order valence-electron chi connectivity index (χ0n) is 37.2. The molecule has 0 unspecified atom stereocenters. The van der Waals surface area contributed by atoms with E-state index in [1.807, 2.05) is 41.5 Å². The summed E-state index contributed by atoms with van der Waals surface area (Å²) in [5.74, 6) is -0.298. The highest BCUT2D eigenvalue weighted by molar-refractivity contribution is 5.92.